The van der Waals surface area contributed by atoms with E-state index in [0.717, 1.165) is 28.7 Å². The van der Waals surface area contributed by atoms with Crippen LogP contribution >= 0.6 is 0 Å². The molecule has 0 bridgehead atoms. The smallest absolute Gasteiger partial charge is 0.149 e. The Kier molecular flexibility index (Phi) is 2.52. The zero-order valence-electron chi connectivity index (χ0n) is 11.6. The van der Waals surface area contributed by atoms with Crippen LogP contribution in [0.5, 0.6) is 5.75 Å². The quantitative estimate of drug-likeness (QED) is 0.871. The van der Waals surface area contributed by atoms with Crippen LogP contribution in [-0.2, 0) is 0 Å². The molecule has 20 heavy (non-hydrogen) atoms. The average molecular weight is 269 g/mol. The Morgan fingerprint density at radius 1 is 1.25 bits per heavy atom. The largest absolute Gasteiger partial charge is 0.494 e. The van der Waals surface area contributed by atoms with E-state index < -0.39 is 0 Å². The fourth-order valence-corrected chi connectivity index (χ4v) is 3.59. The number of nitrogens with two attached hydrogens (primary N) is 1. The van der Waals surface area contributed by atoms with Crippen molar-refractivity contribution in [3.05, 3.63) is 30.6 Å². The second-order valence-corrected chi connectivity index (χ2v) is 6.02. The monoisotopic (exact) mass is 269 g/mol. The fourth-order valence-electron chi connectivity index (χ4n) is 3.59. The zero-order chi connectivity index (χ0) is 13.7. The van der Waals surface area contributed by atoms with E-state index in [4.69, 9.17) is 10.5 Å². The van der Waals surface area contributed by atoms with Crippen molar-refractivity contribution < 1.29 is 4.74 Å². The van der Waals surface area contributed by atoms with E-state index in [0.29, 0.717) is 11.7 Å². The van der Waals surface area contributed by atoms with Crippen LogP contribution in [0.15, 0.2) is 30.6 Å². The lowest BCUT2D eigenvalue weighted by Gasteiger charge is -2.12. The van der Waals surface area contributed by atoms with Gasteiger partial charge in [0.15, 0.2) is 0 Å². The Balaban J connectivity index is 1.66. The summed E-state index contributed by atoms with van der Waals surface area (Å²) < 4.78 is 7.56. The van der Waals surface area contributed by atoms with Crippen molar-refractivity contribution in [1.29, 1.82) is 0 Å². The van der Waals surface area contributed by atoms with Gasteiger partial charge in [-0.1, -0.05) is 12.1 Å². The fraction of sp³-hybridized carbons (Fsp3) is 0.438. The van der Waals surface area contributed by atoms with Gasteiger partial charge in [-0.15, -0.1) is 0 Å². The molecular weight excluding hydrogens is 250 g/mol. The number of hydrogen-bond donors (Lipinski definition) is 1. The minimum absolute atomic E-state index is 0.583. The van der Waals surface area contributed by atoms with Crippen LogP contribution in [0.3, 0.4) is 0 Å². The van der Waals surface area contributed by atoms with Gasteiger partial charge in [-0.25, -0.2) is 0 Å². The first-order valence-corrected chi connectivity index (χ1v) is 7.23. The van der Waals surface area contributed by atoms with Gasteiger partial charge in [0.2, 0.25) is 0 Å². The molecular formula is C16H19N3O. The van der Waals surface area contributed by atoms with E-state index in [2.05, 4.69) is 16.0 Å². The first-order valence-electron chi connectivity index (χ1n) is 7.23. The first kappa shape index (κ1) is 11.8. The first-order chi connectivity index (χ1) is 9.76. The van der Waals surface area contributed by atoms with Crippen molar-refractivity contribution in [2.45, 2.75) is 25.3 Å². The van der Waals surface area contributed by atoms with Crippen LogP contribution in [0.4, 0.5) is 5.69 Å². The van der Waals surface area contributed by atoms with Gasteiger partial charge in [0.25, 0.3) is 0 Å². The molecule has 1 heterocycles. The minimum Gasteiger partial charge on any atom is -0.494 e. The summed E-state index contributed by atoms with van der Waals surface area (Å²) in [6.07, 6.45) is 8.07. The van der Waals surface area contributed by atoms with Crippen molar-refractivity contribution in [2.24, 2.45) is 11.8 Å². The lowest BCUT2D eigenvalue weighted by Crippen LogP contribution is -2.06. The number of nitrogens with zero attached hydrogens (tertiary/aromatic N) is 2. The lowest BCUT2D eigenvalue weighted by atomic mass is 10.1. The Morgan fingerprint density at radius 3 is 2.80 bits per heavy atom. The molecule has 0 radical (unpaired) electrons. The average Bonchev–Trinajstić information content (AvgIpc) is 2.91. The molecule has 4 rings (SSSR count). The summed E-state index contributed by atoms with van der Waals surface area (Å²) in [7, 11) is 1.66. The highest BCUT2D eigenvalue weighted by Crippen LogP contribution is 2.55. The lowest BCUT2D eigenvalue weighted by molar-refractivity contribution is 0.418. The molecule has 104 valence electrons. The maximum Gasteiger partial charge on any atom is 0.149 e. The Bertz CT molecular complexity index is 639. The van der Waals surface area contributed by atoms with Gasteiger partial charge in [0, 0.05) is 17.3 Å². The van der Waals surface area contributed by atoms with Gasteiger partial charge < -0.3 is 10.5 Å². The number of fused-ring (bicyclic) bond motifs is 1. The minimum atomic E-state index is 0.583. The maximum atomic E-state index is 5.97. The predicted molar refractivity (Wildman–Crippen MR) is 78.5 cm³/mol. The Morgan fingerprint density at radius 2 is 2.05 bits per heavy atom. The van der Waals surface area contributed by atoms with E-state index >= 15 is 0 Å². The van der Waals surface area contributed by atoms with E-state index in [1.165, 1.54) is 19.3 Å². The van der Waals surface area contributed by atoms with Crippen molar-refractivity contribution >= 4 is 5.69 Å². The van der Waals surface area contributed by atoms with Crippen LogP contribution in [0, 0.1) is 11.8 Å². The van der Waals surface area contributed by atoms with Crippen molar-refractivity contribution in [1.82, 2.24) is 9.78 Å². The molecule has 1 aromatic carbocycles. The molecule has 0 amide bonds. The van der Waals surface area contributed by atoms with Crippen molar-refractivity contribution in [2.75, 3.05) is 12.8 Å². The molecule has 2 N–H and O–H groups in total. The molecule has 4 nitrogen and oxygen atoms in total. The van der Waals surface area contributed by atoms with Crippen LogP contribution < -0.4 is 10.5 Å². The third-order valence-electron chi connectivity index (χ3n) is 4.75. The van der Waals surface area contributed by atoms with Gasteiger partial charge in [-0.05, 0) is 37.2 Å². The number of benzene rings is 1. The van der Waals surface area contributed by atoms with E-state index in [1.807, 2.05) is 24.4 Å². The van der Waals surface area contributed by atoms with Gasteiger partial charge in [-0.2, -0.15) is 5.10 Å². The summed E-state index contributed by atoms with van der Waals surface area (Å²) >= 11 is 0. The molecule has 0 spiro atoms. The highest BCUT2D eigenvalue weighted by atomic mass is 16.5. The standard InChI is InChI=1S/C16H19N3O/c1-20-16-14(3-2-4-15(16)17)12-8-18-19(9-12)13-6-10-5-11(10)7-13/h2-4,8-11,13H,5-7,17H2,1H3. The van der Waals surface area contributed by atoms with Gasteiger partial charge in [-0.3, -0.25) is 4.68 Å². The summed E-state index contributed by atoms with van der Waals surface area (Å²) in [5, 5.41) is 4.55. The zero-order valence-corrected chi connectivity index (χ0v) is 11.6. The molecule has 2 aliphatic carbocycles. The number of methoxy groups -OCH3 is 1. The van der Waals surface area contributed by atoms with Crippen LogP contribution in [-0.4, -0.2) is 16.9 Å². The van der Waals surface area contributed by atoms with Crippen LogP contribution in [0.25, 0.3) is 11.1 Å². The molecule has 0 aliphatic heterocycles. The molecule has 1 aromatic heterocycles. The molecule has 2 saturated carbocycles. The van der Waals surface area contributed by atoms with Crippen molar-refractivity contribution in [3.8, 4) is 16.9 Å². The number of aromatic nitrogens is 2. The number of nitrogen functional groups attached to an aromatic ring is 1. The molecule has 2 aromatic rings. The van der Waals surface area contributed by atoms with Gasteiger partial charge in [0.1, 0.15) is 5.75 Å². The predicted octanol–water partition coefficient (Wildman–Crippen LogP) is 3.11. The number of hydrogen-bond acceptors (Lipinski definition) is 3. The van der Waals surface area contributed by atoms with Crippen LogP contribution in [0.1, 0.15) is 25.3 Å². The number of para-hydroxylation sites is 1. The van der Waals surface area contributed by atoms with Crippen LogP contribution in [0.2, 0.25) is 0 Å². The third kappa shape index (κ3) is 1.79. The SMILES string of the molecule is COc1c(N)cccc1-c1cnn(C2CC3CC3C2)c1. The highest BCUT2D eigenvalue weighted by Gasteiger charge is 2.46. The van der Waals surface area contributed by atoms with E-state index in [1.54, 1.807) is 7.11 Å². The van der Waals surface area contributed by atoms with Gasteiger partial charge in [0.05, 0.1) is 25.0 Å². The summed E-state index contributed by atoms with van der Waals surface area (Å²) in [6.45, 7) is 0. The molecule has 2 atom stereocenters. The van der Waals surface area contributed by atoms with E-state index in [-0.39, 0.29) is 0 Å². The third-order valence-corrected chi connectivity index (χ3v) is 4.75. The second-order valence-electron chi connectivity index (χ2n) is 6.02. The number of anilines is 1. The molecule has 2 aliphatic rings. The number of ether oxygens (including phenoxy) is 1. The Hall–Kier alpha value is -1.97. The van der Waals surface area contributed by atoms with Gasteiger partial charge >= 0.3 is 0 Å². The Labute approximate surface area is 118 Å². The normalized spacial score (nSPS) is 27.4. The molecule has 0 saturated heterocycles. The summed E-state index contributed by atoms with van der Waals surface area (Å²) in [4.78, 5) is 0. The summed E-state index contributed by atoms with van der Waals surface area (Å²) in [5.74, 6) is 2.67. The highest BCUT2D eigenvalue weighted by molar-refractivity contribution is 5.76. The maximum absolute atomic E-state index is 5.97. The topological polar surface area (TPSA) is 53.1 Å². The number of rotatable bonds is 3. The molecule has 2 unspecified atom stereocenters. The second kappa shape index (κ2) is 4.27. The van der Waals surface area contributed by atoms with Crippen molar-refractivity contribution in [3.63, 3.8) is 0 Å². The summed E-state index contributed by atoms with van der Waals surface area (Å²) in [5.41, 5.74) is 8.73. The van der Waals surface area contributed by atoms with E-state index in [9.17, 15) is 0 Å². The summed E-state index contributed by atoms with van der Waals surface area (Å²) in [6, 6.07) is 6.43. The molecule has 2 fully saturated rings. The molecule has 4 heteroatoms.